The smallest absolute Gasteiger partial charge is 0.219 e. The summed E-state index contributed by atoms with van der Waals surface area (Å²) >= 11 is 6.27. The van der Waals surface area contributed by atoms with Crippen molar-refractivity contribution in [3.63, 3.8) is 0 Å². The molecule has 0 spiro atoms. The van der Waals surface area contributed by atoms with Gasteiger partial charge in [0.15, 0.2) is 0 Å². The van der Waals surface area contributed by atoms with Crippen LogP contribution < -0.4 is 10.5 Å². The number of halogens is 1. The van der Waals surface area contributed by atoms with Gasteiger partial charge in [0.2, 0.25) is 5.88 Å². The molecule has 0 aliphatic heterocycles. The predicted molar refractivity (Wildman–Crippen MR) is 87.2 cm³/mol. The van der Waals surface area contributed by atoms with Gasteiger partial charge < -0.3 is 10.5 Å². The maximum absolute atomic E-state index is 6.27. The molecule has 4 heteroatoms. The number of rotatable bonds is 4. The van der Waals surface area contributed by atoms with Crippen molar-refractivity contribution in [2.45, 2.75) is 39.7 Å². The van der Waals surface area contributed by atoms with Crippen LogP contribution in [0.3, 0.4) is 0 Å². The quantitative estimate of drug-likeness (QED) is 0.866. The third kappa shape index (κ3) is 3.74. The molecule has 112 valence electrons. The molecule has 0 saturated carbocycles. The Morgan fingerprint density at radius 1 is 1.19 bits per heavy atom. The third-order valence-corrected chi connectivity index (χ3v) is 3.74. The zero-order chi connectivity index (χ0) is 15.6. The average Bonchev–Trinajstić information content (AvgIpc) is 2.42. The molecule has 3 nitrogen and oxygen atoms in total. The van der Waals surface area contributed by atoms with Crippen LogP contribution >= 0.6 is 11.6 Å². The van der Waals surface area contributed by atoms with Gasteiger partial charge in [-0.3, -0.25) is 0 Å². The fraction of sp³-hybridized carbons (Fsp3) is 0.353. The number of pyridine rings is 1. The minimum Gasteiger partial charge on any atom is -0.439 e. The van der Waals surface area contributed by atoms with Gasteiger partial charge in [-0.05, 0) is 48.6 Å². The number of aromatic nitrogens is 1. The van der Waals surface area contributed by atoms with E-state index in [-0.39, 0.29) is 6.04 Å². The standard InChI is InChI=1S/C17H21ClN2O/c1-10(2)14-8-16(11(3)7-15(14)18)21-17-6-5-13(9-20-17)12(4)19/h5-10,12H,19H2,1-4H3/t12-/m0/s1. The number of aryl methyl sites for hydroxylation is 1. The van der Waals surface area contributed by atoms with Crippen molar-refractivity contribution in [1.82, 2.24) is 4.98 Å². The Bertz CT molecular complexity index is 621. The van der Waals surface area contributed by atoms with E-state index in [9.17, 15) is 0 Å². The second-order valence-electron chi connectivity index (χ2n) is 5.61. The minimum absolute atomic E-state index is 0.0311. The Hall–Kier alpha value is -1.58. The Kier molecular flexibility index (Phi) is 4.86. The summed E-state index contributed by atoms with van der Waals surface area (Å²) in [6, 6.07) is 7.66. The van der Waals surface area contributed by atoms with Crippen LogP contribution in [0.25, 0.3) is 0 Å². The minimum atomic E-state index is -0.0311. The molecule has 1 aromatic heterocycles. The average molecular weight is 305 g/mol. The highest BCUT2D eigenvalue weighted by atomic mass is 35.5. The number of ether oxygens (including phenoxy) is 1. The Balaban J connectivity index is 2.28. The molecule has 0 saturated heterocycles. The van der Waals surface area contributed by atoms with Crippen LogP contribution in [0.5, 0.6) is 11.6 Å². The van der Waals surface area contributed by atoms with E-state index in [1.165, 1.54) is 0 Å². The molecule has 0 amide bonds. The van der Waals surface area contributed by atoms with Crippen molar-refractivity contribution in [3.8, 4) is 11.6 Å². The number of nitrogens with two attached hydrogens (primary N) is 1. The highest BCUT2D eigenvalue weighted by Crippen LogP contribution is 2.33. The first kappa shape index (κ1) is 15.8. The lowest BCUT2D eigenvalue weighted by molar-refractivity contribution is 0.458. The largest absolute Gasteiger partial charge is 0.439 e. The van der Waals surface area contributed by atoms with Gasteiger partial charge in [-0.1, -0.05) is 31.5 Å². The van der Waals surface area contributed by atoms with Gasteiger partial charge in [-0.2, -0.15) is 0 Å². The molecule has 1 heterocycles. The van der Waals surface area contributed by atoms with Crippen LogP contribution in [0.4, 0.5) is 0 Å². The predicted octanol–water partition coefficient (Wildman–Crippen LogP) is 4.98. The monoisotopic (exact) mass is 304 g/mol. The molecule has 0 fully saturated rings. The Labute approximate surface area is 131 Å². The first-order chi connectivity index (χ1) is 9.88. The van der Waals surface area contributed by atoms with E-state index in [2.05, 4.69) is 18.8 Å². The highest BCUT2D eigenvalue weighted by Gasteiger charge is 2.11. The Morgan fingerprint density at radius 3 is 2.43 bits per heavy atom. The van der Waals surface area contributed by atoms with Crippen molar-refractivity contribution >= 4 is 11.6 Å². The van der Waals surface area contributed by atoms with E-state index in [0.29, 0.717) is 11.8 Å². The SMILES string of the molecule is Cc1cc(Cl)c(C(C)C)cc1Oc1ccc([C@H](C)N)cn1. The van der Waals surface area contributed by atoms with E-state index in [1.54, 1.807) is 6.20 Å². The molecule has 0 bridgehead atoms. The number of benzene rings is 1. The number of hydrogen-bond donors (Lipinski definition) is 1. The van der Waals surface area contributed by atoms with Crippen LogP contribution in [0.15, 0.2) is 30.5 Å². The van der Waals surface area contributed by atoms with Gasteiger partial charge in [0.05, 0.1) is 0 Å². The van der Waals surface area contributed by atoms with Crippen molar-refractivity contribution < 1.29 is 4.74 Å². The highest BCUT2D eigenvalue weighted by molar-refractivity contribution is 6.31. The van der Waals surface area contributed by atoms with Crippen molar-refractivity contribution in [2.24, 2.45) is 5.73 Å². The first-order valence-corrected chi connectivity index (χ1v) is 7.45. The summed E-state index contributed by atoms with van der Waals surface area (Å²) in [6.45, 7) is 8.11. The maximum Gasteiger partial charge on any atom is 0.219 e. The van der Waals surface area contributed by atoms with E-state index in [0.717, 1.165) is 27.5 Å². The fourth-order valence-corrected chi connectivity index (χ4v) is 2.49. The zero-order valence-corrected chi connectivity index (χ0v) is 13.6. The maximum atomic E-state index is 6.27. The van der Waals surface area contributed by atoms with Crippen molar-refractivity contribution in [1.29, 1.82) is 0 Å². The lowest BCUT2D eigenvalue weighted by atomic mass is 10.0. The molecule has 2 aromatic rings. The summed E-state index contributed by atoms with van der Waals surface area (Å²) in [5, 5.41) is 0.773. The molecule has 2 rings (SSSR count). The van der Waals surface area contributed by atoms with E-state index >= 15 is 0 Å². The summed E-state index contributed by atoms with van der Waals surface area (Å²) < 4.78 is 5.88. The molecule has 0 aliphatic carbocycles. The lowest BCUT2D eigenvalue weighted by Crippen LogP contribution is -2.05. The van der Waals surface area contributed by atoms with Crippen LogP contribution in [-0.2, 0) is 0 Å². The third-order valence-electron chi connectivity index (χ3n) is 3.42. The van der Waals surface area contributed by atoms with Crippen LogP contribution in [0.2, 0.25) is 5.02 Å². The lowest BCUT2D eigenvalue weighted by Gasteiger charge is -2.14. The molecule has 21 heavy (non-hydrogen) atoms. The number of hydrogen-bond acceptors (Lipinski definition) is 3. The van der Waals surface area contributed by atoms with Gasteiger partial charge in [0.25, 0.3) is 0 Å². The van der Waals surface area contributed by atoms with Crippen LogP contribution in [-0.4, -0.2) is 4.98 Å². The summed E-state index contributed by atoms with van der Waals surface area (Å²) in [5.41, 5.74) is 8.86. The molecule has 0 unspecified atom stereocenters. The molecule has 0 radical (unpaired) electrons. The topological polar surface area (TPSA) is 48.1 Å². The van der Waals surface area contributed by atoms with Gasteiger partial charge in [-0.25, -0.2) is 4.98 Å². The van der Waals surface area contributed by atoms with E-state index in [4.69, 9.17) is 22.1 Å². The Morgan fingerprint density at radius 2 is 1.90 bits per heavy atom. The summed E-state index contributed by atoms with van der Waals surface area (Å²) in [7, 11) is 0. The van der Waals surface area contributed by atoms with Crippen LogP contribution in [0, 0.1) is 6.92 Å². The van der Waals surface area contributed by atoms with E-state index in [1.807, 2.05) is 38.1 Å². The summed E-state index contributed by atoms with van der Waals surface area (Å²) in [4.78, 5) is 4.30. The van der Waals surface area contributed by atoms with Crippen molar-refractivity contribution in [2.75, 3.05) is 0 Å². The second-order valence-corrected chi connectivity index (χ2v) is 6.02. The van der Waals surface area contributed by atoms with Crippen molar-refractivity contribution in [3.05, 3.63) is 52.2 Å². The van der Waals surface area contributed by atoms with Gasteiger partial charge in [-0.15, -0.1) is 0 Å². The van der Waals surface area contributed by atoms with Gasteiger partial charge in [0, 0.05) is 23.3 Å². The van der Waals surface area contributed by atoms with Gasteiger partial charge >= 0.3 is 0 Å². The zero-order valence-electron chi connectivity index (χ0n) is 12.9. The number of nitrogens with zero attached hydrogens (tertiary/aromatic N) is 1. The summed E-state index contributed by atoms with van der Waals surface area (Å²) in [6.07, 6.45) is 1.74. The fourth-order valence-electron chi connectivity index (χ4n) is 2.06. The van der Waals surface area contributed by atoms with E-state index < -0.39 is 0 Å². The molecule has 1 aromatic carbocycles. The molecule has 0 aliphatic rings. The van der Waals surface area contributed by atoms with Crippen LogP contribution in [0.1, 0.15) is 49.4 Å². The molecular weight excluding hydrogens is 284 g/mol. The molecular formula is C17H21ClN2O. The second kappa shape index (κ2) is 6.46. The summed E-state index contributed by atoms with van der Waals surface area (Å²) in [5.74, 6) is 1.68. The van der Waals surface area contributed by atoms with Gasteiger partial charge in [0.1, 0.15) is 5.75 Å². The molecule has 2 N–H and O–H groups in total. The molecule has 1 atom stereocenters. The first-order valence-electron chi connectivity index (χ1n) is 7.08. The normalized spacial score (nSPS) is 12.5.